The second kappa shape index (κ2) is 5.74. The molecule has 0 radical (unpaired) electrons. The van der Waals surface area contributed by atoms with E-state index in [-0.39, 0.29) is 19.8 Å². The monoisotopic (exact) mass is 222 g/mol. The van der Waals surface area contributed by atoms with Gasteiger partial charge in [0.2, 0.25) is 0 Å². The Hall–Kier alpha value is -0.240. The Kier molecular flexibility index (Phi) is 4.91. The standard InChI is InChI=1S/C9H18O6/c1-5-7(12)8(13)6(4-11)15-9(5)14-3-2-10/h5-13H,2-4H2,1H3/t5-,6-,7-,8+,9?/m1/s1. The van der Waals surface area contributed by atoms with E-state index < -0.39 is 30.5 Å². The Morgan fingerprint density at radius 2 is 1.87 bits per heavy atom. The van der Waals surface area contributed by atoms with Crippen LogP contribution in [0, 0.1) is 5.92 Å². The van der Waals surface area contributed by atoms with Crippen LogP contribution >= 0.6 is 0 Å². The summed E-state index contributed by atoms with van der Waals surface area (Å²) in [4.78, 5) is 0. The molecule has 1 fully saturated rings. The maximum absolute atomic E-state index is 9.63. The quantitative estimate of drug-likeness (QED) is 0.442. The van der Waals surface area contributed by atoms with E-state index in [9.17, 15) is 10.2 Å². The summed E-state index contributed by atoms with van der Waals surface area (Å²) in [6.45, 7) is 1.23. The lowest BCUT2D eigenvalue weighted by atomic mass is 9.92. The van der Waals surface area contributed by atoms with Crippen molar-refractivity contribution in [1.29, 1.82) is 0 Å². The summed E-state index contributed by atoms with van der Waals surface area (Å²) in [6.07, 6.45) is -3.67. The van der Waals surface area contributed by atoms with Gasteiger partial charge in [-0.2, -0.15) is 0 Å². The van der Waals surface area contributed by atoms with Gasteiger partial charge in [0.15, 0.2) is 6.29 Å². The van der Waals surface area contributed by atoms with Crippen molar-refractivity contribution in [2.45, 2.75) is 31.5 Å². The molecular weight excluding hydrogens is 204 g/mol. The highest BCUT2D eigenvalue weighted by Gasteiger charge is 2.42. The minimum Gasteiger partial charge on any atom is -0.394 e. The fourth-order valence-electron chi connectivity index (χ4n) is 1.58. The van der Waals surface area contributed by atoms with E-state index in [4.69, 9.17) is 19.7 Å². The van der Waals surface area contributed by atoms with Gasteiger partial charge in [0, 0.05) is 5.92 Å². The molecule has 1 unspecified atom stereocenters. The van der Waals surface area contributed by atoms with Crippen LogP contribution in [0.15, 0.2) is 0 Å². The van der Waals surface area contributed by atoms with E-state index in [2.05, 4.69) is 0 Å². The minimum atomic E-state index is -1.11. The molecule has 15 heavy (non-hydrogen) atoms. The van der Waals surface area contributed by atoms with Crippen LogP contribution in [0.5, 0.6) is 0 Å². The van der Waals surface area contributed by atoms with Gasteiger partial charge in [-0.3, -0.25) is 0 Å². The molecule has 1 heterocycles. The lowest BCUT2D eigenvalue weighted by Crippen LogP contribution is -2.55. The second-order valence-corrected chi connectivity index (χ2v) is 3.66. The largest absolute Gasteiger partial charge is 0.394 e. The second-order valence-electron chi connectivity index (χ2n) is 3.66. The fourth-order valence-corrected chi connectivity index (χ4v) is 1.58. The van der Waals surface area contributed by atoms with Crippen LogP contribution < -0.4 is 0 Å². The molecule has 0 spiro atoms. The van der Waals surface area contributed by atoms with Gasteiger partial charge in [-0.25, -0.2) is 0 Å². The molecule has 0 aromatic heterocycles. The lowest BCUT2D eigenvalue weighted by Gasteiger charge is -2.40. The third-order valence-corrected chi connectivity index (χ3v) is 2.56. The zero-order valence-corrected chi connectivity index (χ0v) is 8.61. The van der Waals surface area contributed by atoms with E-state index >= 15 is 0 Å². The molecule has 0 aromatic carbocycles. The van der Waals surface area contributed by atoms with E-state index in [0.29, 0.717) is 0 Å². The van der Waals surface area contributed by atoms with Crippen LogP contribution in [0.3, 0.4) is 0 Å². The molecule has 1 aliphatic rings. The molecule has 5 atom stereocenters. The van der Waals surface area contributed by atoms with E-state index in [1.165, 1.54) is 0 Å². The van der Waals surface area contributed by atoms with Gasteiger partial charge in [0.05, 0.1) is 25.9 Å². The molecule has 6 heteroatoms. The van der Waals surface area contributed by atoms with Crippen molar-refractivity contribution in [1.82, 2.24) is 0 Å². The predicted octanol–water partition coefficient (Wildman–Crippen LogP) is -1.93. The average molecular weight is 222 g/mol. The summed E-state index contributed by atoms with van der Waals surface area (Å²) >= 11 is 0. The normalized spacial score (nSPS) is 41.8. The van der Waals surface area contributed by atoms with Crippen molar-refractivity contribution in [2.24, 2.45) is 5.92 Å². The Labute approximate surface area is 88.1 Å². The third kappa shape index (κ3) is 2.87. The van der Waals surface area contributed by atoms with Gasteiger partial charge in [-0.05, 0) is 0 Å². The first-order valence-corrected chi connectivity index (χ1v) is 4.96. The lowest BCUT2D eigenvalue weighted by molar-refractivity contribution is -0.283. The Morgan fingerprint density at radius 1 is 1.20 bits per heavy atom. The van der Waals surface area contributed by atoms with Gasteiger partial charge in [0.1, 0.15) is 12.2 Å². The first kappa shape index (κ1) is 12.8. The van der Waals surface area contributed by atoms with Gasteiger partial charge in [-0.1, -0.05) is 6.92 Å². The van der Waals surface area contributed by atoms with E-state index in [0.717, 1.165) is 0 Å². The van der Waals surface area contributed by atoms with Crippen molar-refractivity contribution in [2.75, 3.05) is 19.8 Å². The van der Waals surface area contributed by atoms with Gasteiger partial charge >= 0.3 is 0 Å². The fraction of sp³-hybridized carbons (Fsp3) is 1.00. The van der Waals surface area contributed by atoms with Crippen LogP contribution in [0.1, 0.15) is 6.92 Å². The first-order chi connectivity index (χ1) is 7.11. The van der Waals surface area contributed by atoms with Gasteiger partial charge < -0.3 is 29.9 Å². The van der Waals surface area contributed by atoms with Crippen molar-refractivity contribution >= 4 is 0 Å². The molecule has 0 bridgehead atoms. The van der Waals surface area contributed by atoms with Crippen molar-refractivity contribution in [3.8, 4) is 0 Å². The maximum Gasteiger partial charge on any atom is 0.163 e. The number of aliphatic hydroxyl groups is 4. The van der Waals surface area contributed by atoms with Crippen LogP contribution in [0.25, 0.3) is 0 Å². The highest BCUT2D eigenvalue weighted by molar-refractivity contribution is 4.86. The molecule has 1 aliphatic heterocycles. The van der Waals surface area contributed by atoms with Crippen molar-refractivity contribution in [3.63, 3.8) is 0 Å². The van der Waals surface area contributed by atoms with Crippen LogP contribution in [0.4, 0.5) is 0 Å². The summed E-state index contributed by atoms with van der Waals surface area (Å²) < 4.78 is 10.4. The molecule has 0 saturated carbocycles. The molecule has 1 saturated heterocycles. The van der Waals surface area contributed by atoms with Crippen LogP contribution in [-0.2, 0) is 9.47 Å². The SMILES string of the molecule is C[C@H]1C(OCCO)O[C@H](CO)[C@H](O)[C@@H]1O. The van der Waals surface area contributed by atoms with Gasteiger partial charge in [0.25, 0.3) is 0 Å². The van der Waals surface area contributed by atoms with Crippen LogP contribution in [-0.4, -0.2) is 64.8 Å². The summed E-state index contributed by atoms with van der Waals surface area (Å²) in [5.74, 6) is -0.408. The molecule has 4 N–H and O–H groups in total. The third-order valence-electron chi connectivity index (χ3n) is 2.56. The molecule has 90 valence electrons. The number of rotatable bonds is 4. The molecular formula is C9H18O6. The number of ether oxygens (including phenoxy) is 2. The summed E-state index contributed by atoms with van der Waals surface area (Å²) in [7, 11) is 0. The Morgan fingerprint density at radius 3 is 2.40 bits per heavy atom. The van der Waals surface area contributed by atoms with E-state index in [1.54, 1.807) is 6.92 Å². The predicted molar refractivity (Wildman–Crippen MR) is 50.0 cm³/mol. The van der Waals surface area contributed by atoms with Crippen molar-refractivity contribution < 1.29 is 29.9 Å². The number of hydrogen-bond acceptors (Lipinski definition) is 6. The van der Waals surface area contributed by atoms with Gasteiger partial charge in [-0.15, -0.1) is 0 Å². The summed E-state index contributed by atoms with van der Waals surface area (Å²) in [6, 6.07) is 0. The molecule has 0 aliphatic carbocycles. The molecule has 0 amide bonds. The summed E-state index contributed by atoms with van der Waals surface area (Å²) in [5.41, 5.74) is 0. The number of hydrogen-bond donors (Lipinski definition) is 4. The Bertz CT molecular complexity index is 185. The van der Waals surface area contributed by atoms with E-state index in [1.807, 2.05) is 0 Å². The zero-order valence-electron chi connectivity index (χ0n) is 8.61. The Balaban J connectivity index is 2.57. The molecule has 1 rings (SSSR count). The van der Waals surface area contributed by atoms with Crippen LogP contribution in [0.2, 0.25) is 0 Å². The highest BCUT2D eigenvalue weighted by Crippen LogP contribution is 2.26. The minimum absolute atomic E-state index is 0.0932. The smallest absolute Gasteiger partial charge is 0.163 e. The highest BCUT2D eigenvalue weighted by atomic mass is 16.7. The van der Waals surface area contributed by atoms with Crippen molar-refractivity contribution in [3.05, 3.63) is 0 Å². The molecule has 6 nitrogen and oxygen atoms in total. The first-order valence-electron chi connectivity index (χ1n) is 4.96. The molecule has 0 aromatic rings. The maximum atomic E-state index is 9.63. The summed E-state index contributed by atoms with van der Waals surface area (Å²) in [5, 5.41) is 36.6. The number of aliphatic hydroxyl groups excluding tert-OH is 4. The topological polar surface area (TPSA) is 99.4 Å². The zero-order chi connectivity index (χ0) is 11.4. The average Bonchev–Trinajstić information content (AvgIpc) is 2.25.